The zero-order valence-corrected chi connectivity index (χ0v) is 21.0. The molecule has 5 heterocycles. The highest BCUT2D eigenvalue weighted by atomic mass is 15.1. The smallest absolute Gasteiger partial charge is 0.159 e. The van der Waals surface area contributed by atoms with Gasteiger partial charge in [-0.3, -0.25) is 20.1 Å². The molecular weight excluding hydrogens is 484 g/mol. The number of nitrogens with zero attached hydrogens (tertiary/aromatic N) is 5. The number of imidazole rings is 1. The average molecular weight is 509 g/mol. The number of pyridine rings is 3. The molecule has 7 rings (SSSR count). The van der Waals surface area contributed by atoms with Crippen LogP contribution in [0, 0.1) is 0 Å². The third-order valence-electron chi connectivity index (χ3n) is 6.75. The van der Waals surface area contributed by atoms with Crippen LogP contribution in [0.5, 0.6) is 0 Å². The summed E-state index contributed by atoms with van der Waals surface area (Å²) in [5, 5.41) is 12.2. The van der Waals surface area contributed by atoms with Crippen molar-refractivity contribution in [1.82, 2.24) is 40.4 Å². The number of hydrogen-bond donors (Lipinski definition) is 3. The molecule has 0 atom stereocenters. The van der Waals surface area contributed by atoms with Gasteiger partial charge in [0.25, 0.3) is 0 Å². The van der Waals surface area contributed by atoms with Crippen LogP contribution in [0.4, 0.5) is 0 Å². The molecule has 3 N–H and O–H groups in total. The van der Waals surface area contributed by atoms with E-state index >= 15 is 0 Å². The third kappa shape index (κ3) is 4.54. The monoisotopic (exact) mass is 508 g/mol. The first kappa shape index (κ1) is 22.9. The fraction of sp³-hybridized carbons (Fsp3) is 0.0645. The minimum Gasteiger partial charge on any atom is -0.336 e. The lowest BCUT2D eigenvalue weighted by molar-refractivity contribution is 0.691. The average Bonchev–Trinajstić information content (AvgIpc) is 3.62. The summed E-state index contributed by atoms with van der Waals surface area (Å²) in [5.41, 5.74) is 9.58. The van der Waals surface area contributed by atoms with E-state index in [4.69, 9.17) is 4.98 Å². The normalized spacial score (nSPS) is 11.4. The van der Waals surface area contributed by atoms with Crippen molar-refractivity contribution in [3.05, 3.63) is 115 Å². The molecule has 0 aliphatic carbocycles. The van der Waals surface area contributed by atoms with Gasteiger partial charge in [-0.25, -0.2) is 4.98 Å². The number of H-pyrrole nitrogens is 2. The third-order valence-corrected chi connectivity index (χ3v) is 6.75. The van der Waals surface area contributed by atoms with Gasteiger partial charge in [-0.05, 0) is 53.1 Å². The van der Waals surface area contributed by atoms with Crippen molar-refractivity contribution < 1.29 is 0 Å². The molecule has 0 saturated heterocycles. The maximum atomic E-state index is 4.91. The van der Waals surface area contributed by atoms with E-state index in [-0.39, 0.29) is 0 Å². The number of aromatic nitrogens is 7. The molecular formula is C31H24N8. The molecule has 0 spiro atoms. The Morgan fingerprint density at radius 2 is 1.56 bits per heavy atom. The van der Waals surface area contributed by atoms with E-state index in [9.17, 15) is 0 Å². The van der Waals surface area contributed by atoms with Gasteiger partial charge in [-0.15, -0.1) is 0 Å². The Bertz CT molecular complexity index is 1890. The molecule has 0 amide bonds. The van der Waals surface area contributed by atoms with Crippen molar-refractivity contribution in [2.24, 2.45) is 0 Å². The fourth-order valence-electron chi connectivity index (χ4n) is 4.82. The van der Waals surface area contributed by atoms with Gasteiger partial charge in [0.15, 0.2) is 5.82 Å². The second-order valence-corrected chi connectivity index (χ2v) is 9.39. The van der Waals surface area contributed by atoms with Gasteiger partial charge in [0, 0.05) is 60.6 Å². The number of benzene rings is 2. The van der Waals surface area contributed by atoms with E-state index in [0.717, 1.165) is 68.7 Å². The molecule has 0 aliphatic rings. The summed E-state index contributed by atoms with van der Waals surface area (Å²) >= 11 is 0. The highest BCUT2D eigenvalue weighted by Crippen LogP contribution is 2.32. The topological polar surface area (TPSA) is 108 Å². The van der Waals surface area contributed by atoms with E-state index in [1.54, 1.807) is 18.6 Å². The zero-order chi connectivity index (χ0) is 26.0. The van der Waals surface area contributed by atoms with Gasteiger partial charge in [-0.2, -0.15) is 5.10 Å². The van der Waals surface area contributed by atoms with Crippen molar-refractivity contribution in [1.29, 1.82) is 0 Å². The van der Waals surface area contributed by atoms with Crippen LogP contribution in [0.15, 0.2) is 104 Å². The lowest BCUT2D eigenvalue weighted by Crippen LogP contribution is -2.12. The van der Waals surface area contributed by atoms with Gasteiger partial charge in [0.05, 0.1) is 16.7 Å². The van der Waals surface area contributed by atoms with Crippen molar-refractivity contribution in [3.8, 4) is 33.9 Å². The summed E-state index contributed by atoms with van der Waals surface area (Å²) in [6.07, 6.45) is 9.13. The number of nitrogens with one attached hydrogen (secondary N) is 3. The molecule has 5 aromatic heterocycles. The van der Waals surface area contributed by atoms with E-state index in [0.29, 0.717) is 5.82 Å². The Balaban J connectivity index is 1.20. The Labute approximate surface area is 224 Å². The van der Waals surface area contributed by atoms with Crippen LogP contribution < -0.4 is 5.32 Å². The van der Waals surface area contributed by atoms with Crippen LogP contribution in [-0.2, 0) is 13.1 Å². The van der Waals surface area contributed by atoms with Gasteiger partial charge in [-0.1, -0.05) is 36.4 Å². The lowest BCUT2D eigenvalue weighted by Gasteiger charge is -2.07. The second-order valence-electron chi connectivity index (χ2n) is 9.39. The Morgan fingerprint density at radius 3 is 2.46 bits per heavy atom. The van der Waals surface area contributed by atoms with Crippen LogP contribution in [0.1, 0.15) is 11.1 Å². The van der Waals surface area contributed by atoms with Gasteiger partial charge < -0.3 is 10.3 Å². The van der Waals surface area contributed by atoms with Crippen molar-refractivity contribution >= 4 is 21.9 Å². The molecule has 188 valence electrons. The summed E-state index contributed by atoms with van der Waals surface area (Å²) in [4.78, 5) is 21.7. The molecule has 0 fully saturated rings. The molecule has 8 nitrogen and oxygen atoms in total. The predicted octanol–water partition coefficient (Wildman–Crippen LogP) is 5.92. The van der Waals surface area contributed by atoms with Gasteiger partial charge >= 0.3 is 0 Å². The molecule has 0 bridgehead atoms. The summed E-state index contributed by atoms with van der Waals surface area (Å²) < 4.78 is 0. The van der Waals surface area contributed by atoms with Crippen LogP contribution >= 0.6 is 0 Å². The highest BCUT2D eigenvalue weighted by Gasteiger charge is 2.16. The largest absolute Gasteiger partial charge is 0.336 e. The number of rotatable bonds is 7. The maximum Gasteiger partial charge on any atom is 0.159 e. The van der Waals surface area contributed by atoms with Gasteiger partial charge in [0.2, 0.25) is 0 Å². The molecule has 2 aromatic carbocycles. The highest BCUT2D eigenvalue weighted by molar-refractivity contribution is 5.97. The molecule has 8 heteroatoms. The predicted molar refractivity (Wildman–Crippen MR) is 152 cm³/mol. The van der Waals surface area contributed by atoms with Crippen molar-refractivity contribution in [2.45, 2.75) is 13.1 Å². The van der Waals surface area contributed by atoms with E-state index < -0.39 is 0 Å². The first-order valence-corrected chi connectivity index (χ1v) is 12.7. The molecule has 0 saturated carbocycles. The first-order chi connectivity index (χ1) is 19.3. The summed E-state index contributed by atoms with van der Waals surface area (Å²) in [6.45, 7) is 1.55. The SMILES string of the molecule is c1ccc(CNCc2cncc(-c3ccc4[nH]nc(-c5nc6c(-c7cccnc7)nccc6[nH]5)c4c3)c2)cc1. The molecule has 0 radical (unpaired) electrons. The summed E-state index contributed by atoms with van der Waals surface area (Å²) in [5.74, 6) is 0.684. The minimum atomic E-state index is 0.684. The zero-order valence-electron chi connectivity index (χ0n) is 21.0. The van der Waals surface area contributed by atoms with Crippen LogP contribution in [-0.4, -0.2) is 35.1 Å². The number of aromatic amines is 2. The Kier molecular flexibility index (Phi) is 5.84. The minimum absolute atomic E-state index is 0.684. The Hall–Kier alpha value is -5.21. The molecule has 0 unspecified atom stereocenters. The number of fused-ring (bicyclic) bond motifs is 2. The fourth-order valence-corrected chi connectivity index (χ4v) is 4.82. The van der Waals surface area contributed by atoms with Gasteiger partial charge in [0.1, 0.15) is 11.2 Å². The quantitative estimate of drug-likeness (QED) is 0.247. The summed E-state index contributed by atoms with van der Waals surface area (Å²) in [7, 11) is 0. The summed E-state index contributed by atoms with van der Waals surface area (Å²) in [6, 6.07) is 24.7. The van der Waals surface area contributed by atoms with E-state index in [1.165, 1.54) is 5.56 Å². The van der Waals surface area contributed by atoms with Crippen molar-refractivity contribution in [3.63, 3.8) is 0 Å². The maximum absolute atomic E-state index is 4.91. The standard InChI is InChI=1S/C31H24N8/c1-2-5-20(6-3-1)15-33-16-21-13-24(19-34-17-21)22-8-9-26-25(14-22)29(39-38-26)31-36-27-10-12-35-28(30(27)37-31)23-7-4-11-32-18-23/h1-14,17-19,33H,15-16H2,(H,36,37)(H,38,39). The lowest BCUT2D eigenvalue weighted by atomic mass is 10.0. The van der Waals surface area contributed by atoms with E-state index in [1.807, 2.05) is 42.7 Å². The Morgan fingerprint density at radius 1 is 0.667 bits per heavy atom. The second kappa shape index (κ2) is 9.92. The number of hydrogen-bond acceptors (Lipinski definition) is 6. The first-order valence-electron chi connectivity index (χ1n) is 12.7. The van der Waals surface area contributed by atoms with E-state index in [2.05, 4.69) is 77.9 Å². The molecule has 0 aliphatic heterocycles. The van der Waals surface area contributed by atoms with Crippen molar-refractivity contribution in [2.75, 3.05) is 0 Å². The van der Waals surface area contributed by atoms with Crippen LogP contribution in [0.3, 0.4) is 0 Å². The van der Waals surface area contributed by atoms with Crippen LogP contribution in [0.2, 0.25) is 0 Å². The molecule has 39 heavy (non-hydrogen) atoms. The van der Waals surface area contributed by atoms with Crippen LogP contribution in [0.25, 0.3) is 55.8 Å². The molecule has 7 aromatic rings.